The van der Waals surface area contributed by atoms with E-state index in [0.717, 1.165) is 0 Å². The molecule has 3 aromatic rings. The zero-order chi connectivity index (χ0) is 21.7. The number of carbonyl (C=O) groups excluding carboxylic acids is 2. The van der Waals surface area contributed by atoms with Gasteiger partial charge in [-0.05, 0) is 55.0 Å². The molecule has 30 heavy (non-hydrogen) atoms. The molecule has 0 spiro atoms. The van der Waals surface area contributed by atoms with Crippen molar-refractivity contribution in [3.63, 3.8) is 0 Å². The quantitative estimate of drug-likeness (QED) is 0.445. The van der Waals surface area contributed by atoms with Crippen LogP contribution in [0.1, 0.15) is 26.3 Å². The van der Waals surface area contributed by atoms with Crippen LogP contribution in [0.3, 0.4) is 0 Å². The van der Waals surface area contributed by atoms with Crippen molar-refractivity contribution in [2.24, 2.45) is 4.36 Å². The highest BCUT2D eigenvalue weighted by Crippen LogP contribution is 2.26. The Balaban J connectivity index is 1.94. The monoisotopic (exact) mass is 423 g/mol. The fourth-order valence-electron chi connectivity index (χ4n) is 2.82. The molecule has 0 bridgehead atoms. The molecule has 0 heterocycles. The maximum Gasteiger partial charge on any atom is 0.343 e. The summed E-state index contributed by atoms with van der Waals surface area (Å²) >= 11 is 0. The Morgan fingerprint density at radius 3 is 2.20 bits per heavy atom. The van der Waals surface area contributed by atoms with Gasteiger partial charge >= 0.3 is 5.97 Å². The summed E-state index contributed by atoms with van der Waals surface area (Å²) in [4.78, 5) is 25.9. The molecule has 0 aromatic heterocycles. The topological polar surface area (TPSA) is 82.0 Å². The van der Waals surface area contributed by atoms with E-state index in [1.807, 2.05) is 0 Å². The predicted octanol–water partition coefficient (Wildman–Crippen LogP) is 4.52. The first-order chi connectivity index (χ1) is 14.3. The number of aryl methyl sites for hydroxylation is 1. The Labute approximate surface area is 175 Å². The highest BCUT2D eigenvalue weighted by atomic mass is 32.2. The van der Waals surface area contributed by atoms with Crippen molar-refractivity contribution in [3.8, 4) is 11.5 Å². The molecule has 0 aliphatic heterocycles. The van der Waals surface area contributed by atoms with E-state index in [4.69, 9.17) is 9.47 Å². The molecule has 0 saturated heterocycles. The first-order valence-electron chi connectivity index (χ1n) is 9.09. The van der Waals surface area contributed by atoms with Gasteiger partial charge in [-0.15, -0.1) is 0 Å². The van der Waals surface area contributed by atoms with Gasteiger partial charge in [-0.25, -0.2) is 9.00 Å². The number of amides is 1. The Bertz CT molecular complexity index is 1190. The van der Waals surface area contributed by atoms with Crippen molar-refractivity contribution in [2.75, 3.05) is 13.4 Å². The minimum absolute atomic E-state index is 0.0628. The number of hydrogen-bond acceptors (Lipinski definition) is 5. The zero-order valence-corrected chi connectivity index (χ0v) is 17.6. The molecule has 0 radical (unpaired) electrons. The number of rotatable bonds is 5. The predicted molar refractivity (Wildman–Crippen MR) is 115 cm³/mol. The van der Waals surface area contributed by atoms with Crippen molar-refractivity contribution in [1.82, 2.24) is 0 Å². The summed E-state index contributed by atoms with van der Waals surface area (Å²) in [6, 6.07) is 19.9. The largest absolute Gasteiger partial charge is 0.497 e. The van der Waals surface area contributed by atoms with Crippen LogP contribution < -0.4 is 9.47 Å². The van der Waals surface area contributed by atoms with Crippen LogP contribution in [0.25, 0.3) is 0 Å². The lowest BCUT2D eigenvalue weighted by molar-refractivity contribution is 0.0732. The zero-order valence-electron chi connectivity index (χ0n) is 16.8. The highest BCUT2D eigenvalue weighted by Gasteiger charge is 2.20. The fourth-order valence-corrected chi connectivity index (χ4v) is 3.99. The van der Waals surface area contributed by atoms with E-state index in [0.29, 0.717) is 21.8 Å². The van der Waals surface area contributed by atoms with E-state index in [9.17, 15) is 13.8 Å². The van der Waals surface area contributed by atoms with E-state index in [2.05, 4.69) is 4.36 Å². The molecule has 3 rings (SSSR count). The normalized spacial score (nSPS) is 12.5. The van der Waals surface area contributed by atoms with Gasteiger partial charge in [0, 0.05) is 11.2 Å². The molecular formula is C23H21NO5S. The summed E-state index contributed by atoms with van der Waals surface area (Å²) in [5.41, 5.74) is 0.966. The van der Waals surface area contributed by atoms with Gasteiger partial charge in [-0.3, -0.25) is 4.79 Å². The summed E-state index contributed by atoms with van der Waals surface area (Å²) in [6.45, 7) is 1.70. The van der Waals surface area contributed by atoms with Crippen molar-refractivity contribution in [1.29, 1.82) is 0 Å². The maximum absolute atomic E-state index is 13.0. The van der Waals surface area contributed by atoms with E-state index < -0.39 is 21.6 Å². The molecule has 0 N–H and O–H groups in total. The summed E-state index contributed by atoms with van der Waals surface area (Å²) in [7, 11) is -1.43. The van der Waals surface area contributed by atoms with Crippen LogP contribution in [0.15, 0.2) is 82.1 Å². The number of ether oxygens (including phenoxy) is 2. The molecule has 0 aliphatic carbocycles. The van der Waals surface area contributed by atoms with Crippen LogP contribution in [-0.4, -0.2) is 29.5 Å². The van der Waals surface area contributed by atoms with Crippen molar-refractivity contribution in [2.45, 2.75) is 11.8 Å². The number of nitrogens with zero attached hydrogens (tertiary/aromatic N) is 1. The van der Waals surface area contributed by atoms with Gasteiger partial charge in [0.15, 0.2) is 0 Å². The second-order valence-electron chi connectivity index (χ2n) is 6.58. The van der Waals surface area contributed by atoms with Crippen LogP contribution in [0.4, 0.5) is 0 Å². The molecule has 7 heteroatoms. The van der Waals surface area contributed by atoms with E-state index in [-0.39, 0.29) is 11.3 Å². The molecule has 3 aromatic carbocycles. The van der Waals surface area contributed by atoms with Crippen LogP contribution in [0.2, 0.25) is 0 Å². The average molecular weight is 423 g/mol. The van der Waals surface area contributed by atoms with Gasteiger partial charge in [0.05, 0.1) is 28.0 Å². The Morgan fingerprint density at radius 1 is 0.900 bits per heavy atom. The van der Waals surface area contributed by atoms with Gasteiger partial charge < -0.3 is 9.47 Å². The van der Waals surface area contributed by atoms with Crippen LogP contribution in [0.5, 0.6) is 11.5 Å². The standard InChI is InChI=1S/C23H21NO5S/c1-16-8-7-11-20(29-23(26)17-12-14-18(28-2)15-13-17)21(16)22(25)24-30(3,27)19-9-5-4-6-10-19/h4-15H,1-3H3. The third kappa shape index (κ3) is 4.75. The summed E-state index contributed by atoms with van der Waals surface area (Å²) in [5, 5.41) is 0. The lowest BCUT2D eigenvalue weighted by atomic mass is 10.1. The second-order valence-corrected chi connectivity index (χ2v) is 8.84. The summed E-state index contributed by atoms with van der Waals surface area (Å²) in [5.74, 6) is -0.664. The molecule has 1 unspecified atom stereocenters. The third-order valence-electron chi connectivity index (χ3n) is 4.41. The van der Waals surface area contributed by atoms with Crippen molar-refractivity contribution >= 4 is 21.6 Å². The molecule has 1 amide bonds. The number of benzene rings is 3. The van der Waals surface area contributed by atoms with Gasteiger partial charge in [-0.2, -0.15) is 4.36 Å². The Hall–Kier alpha value is -3.45. The molecule has 0 aliphatic rings. The van der Waals surface area contributed by atoms with Crippen LogP contribution in [0, 0.1) is 6.92 Å². The average Bonchev–Trinajstić information content (AvgIpc) is 2.74. The number of carbonyl (C=O) groups is 2. The SMILES string of the molecule is COc1ccc(C(=O)Oc2cccc(C)c2C(=O)N=S(C)(=O)c2ccccc2)cc1. The first-order valence-corrected chi connectivity index (χ1v) is 11.0. The van der Waals surface area contributed by atoms with Crippen LogP contribution >= 0.6 is 0 Å². The van der Waals surface area contributed by atoms with Gasteiger partial charge in [0.25, 0.3) is 5.91 Å². The molecule has 1 atom stereocenters. The number of esters is 1. The van der Waals surface area contributed by atoms with E-state index in [1.165, 1.54) is 19.4 Å². The van der Waals surface area contributed by atoms with Gasteiger partial charge in [0.2, 0.25) is 0 Å². The van der Waals surface area contributed by atoms with Crippen molar-refractivity contribution < 1.29 is 23.3 Å². The maximum atomic E-state index is 13.0. The Kier molecular flexibility index (Phi) is 6.32. The number of hydrogen-bond donors (Lipinski definition) is 0. The minimum atomic E-state index is -2.96. The lowest BCUT2D eigenvalue weighted by Crippen LogP contribution is -2.13. The highest BCUT2D eigenvalue weighted by molar-refractivity contribution is 7.93. The minimum Gasteiger partial charge on any atom is -0.497 e. The van der Waals surface area contributed by atoms with Crippen molar-refractivity contribution in [3.05, 3.63) is 89.5 Å². The Morgan fingerprint density at radius 2 is 1.57 bits per heavy atom. The molecule has 0 saturated carbocycles. The van der Waals surface area contributed by atoms with Gasteiger partial charge in [0.1, 0.15) is 11.5 Å². The van der Waals surface area contributed by atoms with Crippen LogP contribution in [-0.2, 0) is 9.73 Å². The van der Waals surface area contributed by atoms with E-state index >= 15 is 0 Å². The molecule has 154 valence electrons. The molecule has 6 nitrogen and oxygen atoms in total. The number of methoxy groups -OCH3 is 1. The molecule has 0 fully saturated rings. The second kappa shape index (κ2) is 8.92. The fraction of sp³-hybridized carbons (Fsp3) is 0.130. The first kappa shape index (κ1) is 21.3. The summed E-state index contributed by atoms with van der Waals surface area (Å²) < 4.78 is 27.5. The van der Waals surface area contributed by atoms with Gasteiger partial charge in [-0.1, -0.05) is 30.3 Å². The smallest absolute Gasteiger partial charge is 0.343 e. The third-order valence-corrected chi connectivity index (χ3v) is 6.08. The summed E-state index contributed by atoms with van der Waals surface area (Å²) in [6.07, 6.45) is 1.40. The molecular weight excluding hydrogens is 402 g/mol. The van der Waals surface area contributed by atoms with E-state index in [1.54, 1.807) is 73.7 Å². The lowest BCUT2D eigenvalue weighted by Gasteiger charge is -2.11.